The molecule has 37 heavy (non-hydrogen) atoms. The van der Waals surface area contributed by atoms with E-state index in [1.807, 2.05) is 0 Å². The SMILES string of the molecule is COc1ccc(NC(=O)C(c2ccccc2O)N(C(=O)C(CS)NC(=O)OC(C)(C)C)C(C)(C)C)cc1. The van der Waals surface area contributed by atoms with Gasteiger partial charge in [0.05, 0.1) is 7.11 Å². The first-order chi connectivity index (χ1) is 17.2. The van der Waals surface area contributed by atoms with Crippen LogP contribution in [0.4, 0.5) is 10.5 Å². The summed E-state index contributed by atoms with van der Waals surface area (Å²) in [5.74, 6) is -0.691. The molecule has 0 saturated carbocycles. The van der Waals surface area contributed by atoms with Crippen molar-refractivity contribution in [2.24, 2.45) is 0 Å². The van der Waals surface area contributed by atoms with Crippen molar-refractivity contribution in [2.75, 3.05) is 18.2 Å². The lowest BCUT2D eigenvalue weighted by atomic mass is 9.95. The van der Waals surface area contributed by atoms with Crippen molar-refractivity contribution < 1.29 is 29.0 Å². The second-order valence-corrected chi connectivity index (χ2v) is 10.8. The lowest BCUT2D eigenvalue weighted by Gasteiger charge is -2.43. The summed E-state index contributed by atoms with van der Waals surface area (Å²) in [6, 6.07) is 10.7. The number of phenolic OH excluding ortho intramolecular Hbond substituents is 1. The van der Waals surface area contributed by atoms with E-state index in [-0.39, 0.29) is 17.1 Å². The van der Waals surface area contributed by atoms with Gasteiger partial charge in [-0.05, 0) is 71.9 Å². The number of amides is 3. The summed E-state index contributed by atoms with van der Waals surface area (Å²) in [5.41, 5.74) is -0.968. The van der Waals surface area contributed by atoms with Crippen molar-refractivity contribution >= 4 is 36.2 Å². The number of rotatable bonds is 8. The summed E-state index contributed by atoms with van der Waals surface area (Å²) in [6.45, 7) is 10.4. The molecule has 202 valence electrons. The number of thiol groups is 1. The molecule has 0 bridgehead atoms. The van der Waals surface area contributed by atoms with Crippen molar-refractivity contribution in [3.05, 3.63) is 54.1 Å². The topological polar surface area (TPSA) is 117 Å². The monoisotopic (exact) mass is 531 g/mol. The van der Waals surface area contributed by atoms with E-state index in [9.17, 15) is 19.5 Å². The van der Waals surface area contributed by atoms with Crippen LogP contribution in [0.3, 0.4) is 0 Å². The van der Waals surface area contributed by atoms with Gasteiger partial charge in [0.25, 0.3) is 5.91 Å². The molecular weight excluding hydrogens is 494 g/mol. The molecule has 0 spiro atoms. The maximum absolute atomic E-state index is 13.9. The predicted octanol–water partition coefficient (Wildman–Crippen LogP) is 4.53. The minimum atomic E-state index is -1.24. The molecule has 0 aliphatic rings. The number of hydrogen-bond acceptors (Lipinski definition) is 7. The molecule has 0 heterocycles. The first kappa shape index (κ1) is 29.8. The van der Waals surface area contributed by atoms with Crippen molar-refractivity contribution in [2.45, 2.75) is 64.8 Å². The van der Waals surface area contributed by atoms with Gasteiger partial charge in [0.15, 0.2) is 0 Å². The summed E-state index contributed by atoms with van der Waals surface area (Å²) >= 11 is 4.28. The highest BCUT2D eigenvalue weighted by Gasteiger charge is 2.42. The third-order valence-corrected chi connectivity index (χ3v) is 5.59. The summed E-state index contributed by atoms with van der Waals surface area (Å²) in [5, 5.41) is 16.1. The Morgan fingerprint density at radius 1 is 1.00 bits per heavy atom. The number of aromatic hydroxyl groups is 1. The fourth-order valence-corrected chi connectivity index (χ4v) is 3.90. The van der Waals surface area contributed by atoms with Crippen LogP contribution in [0.2, 0.25) is 0 Å². The van der Waals surface area contributed by atoms with Crippen LogP contribution in [0.1, 0.15) is 53.1 Å². The molecule has 2 aromatic carbocycles. The molecule has 2 unspecified atom stereocenters. The van der Waals surface area contributed by atoms with E-state index in [2.05, 4.69) is 23.3 Å². The van der Waals surface area contributed by atoms with E-state index in [4.69, 9.17) is 9.47 Å². The average Bonchev–Trinajstić information content (AvgIpc) is 2.79. The summed E-state index contributed by atoms with van der Waals surface area (Å²) in [7, 11) is 1.54. The molecule has 2 rings (SSSR count). The fraction of sp³-hybridized carbons (Fsp3) is 0.444. The second kappa shape index (κ2) is 12.2. The Labute approximate surface area is 223 Å². The van der Waals surface area contributed by atoms with Gasteiger partial charge in [0, 0.05) is 22.5 Å². The lowest BCUT2D eigenvalue weighted by molar-refractivity contribution is -0.146. The molecule has 10 heteroatoms. The zero-order chi connectivity index (χ0) is 28.0. The summed E-state index contributed by atoms with van der Waals surface area (Å²) < 4.78 is 10.5. The van der Waals surface area contributed by atoms with Crippen molar-refractivity contribution in [3.8, 4) is 11.5 Å². The molecule has 2 aromatic rings. The minimum absolute atomic E-state index is 0.0434. The number of para-hydroxylation sites is 1. The lowest BCUT2D eigenvalue weighted by Crippen LogP contribution is -2.58. The van der Waals surface area contributed by atoms with Crippen molar-refractivity contribution in [3.63, 3.8) is 0 Å². The Hall–Kier alpha value is -3.40. The molecule has 0 aromatic heterocycles. The van der Waals surface area contributed by atoms with Crippen LogP contribution in [-0.2, 0) is 14.3 Å². The van der Waals surface area contributed by atoms with E-state index >= 15 is 0 Å². The smallest absolute Gasteiger partial charge is 0.408 e. The van der Waals surface area contributed by atoms with Crippen molar-refractivity contribution in [1.29, 1.82) is 0 Å². The number of alkyl carbamates (subject to hydrolysis) is 1. The van der Waals surface area contributed by atoms with Crippen LogP contribution in [0.15, 0.2) is 48.5 Å². The highest BCUT2D eigenvalue weighted by Crippen LogP contribution is 2.35. The number of hydrogen-bond donors (Lipinski definition) is 4. The Balaban J connectivity index is 2.52. The van der Waals surface area contributed by atoms with Crippen LogP contribution >= 0.6 is 12.6 Å². The van der Waals surface area contributed by atoms with E-state index in [0.717, 1.165) is 0 Å². The average molecular weight is 532 g/mol. The standard InChI is InChI=1S/C27H37N3O6S/c1-26(2,3)30(24(33)20(16-37)29-25(34)36-27(4,5)6)22(19-10-8-9-11-21(19)31)23(32)28-17-12-14-18(35-7)15-13-17/h8-15,20,22,31,37H,16H2,1-7H3,(H,28,32)(H,29,34). The predicted molar refractivity (Wildman–Crippen MR) is 146 cm³/mol. The maximum Gasteiger partial charge on any atom is 0.408 e. The number of benzene rings is 2. The van der Waals surface area contributed by atoms with Crippen molar-refractivity contribution in [1.82, 2.24) is 10.2 Å². The molecule has 0 radical (unpaired) electrons. The quantitative estimate of drug-likeness (QED) is 0.372. The molecule has 9 nitrogen and oxygen atoms in total. The first-order valence-corrected chi connectivity index (χ1v) is 12.5. The molecule has 0 saturated heterocycles. The number of anilines is 1. The Kier molecular flexibility index (Phi) is 9.86. The number of carbonyl (C=O) groups excluding carboxylic acids is 3. The number of nitrogens with one attached hydrogen (secondary N) is 2. The third-order valence-electron chi connectivity index (χ3n) is 5.23. The van der Waals surface area contributed by atoms with E-state index in [0.29, 0.717) is 11.4 Å². The molecule has 0 fully saturated rings. The fourth-order valence-electron chi connectivity index (χ4n) is 3.65. The zero-order valence-corrected chi connectivity index (χ0v) is 23.3. The zero-order valence-electron chi connectivity index (χ0n) is 22.4. The molecule has 3 amide bonds. The largest absolute Gasteiger partial charge is 0.508 e. The van der Waals surface area contributed by atoms with E-state index in [1.165, 1.54) is 18.1 Å². The third kappa shape index (κ3) is 8.31. The first-order valence-electron chi connectivity index (χ1n) is 11.8. The van der Waals surface area contributed by atoms with E-state index in [1.54, 1.807) is 84.0 Å². The number of phenols is 1. The highest BCUT2D eigenvalue weighted by atomic mass is 32.1. The van der Waals surface area contributed by atoms with Gasteiger partial charge in [-0.2, -0.15) is 12.6 Å². The van der Waals surface area contributed by atoms with Gasteiger partial charge in [-0.1, -0.05) is 18.2 Å². The number of ether oxygens (including phenoxy) is 2. The highest BCUT2D eigenvalue weighted by molar-refractivity contribution is 7.80. The Bertz CT molecular complexity index is 1090. The second-order valence-electron chi connectivity index (χ2n) is 10.4. The number of carbonyl (C=O) groups is 3. The van der Waals surface area contributed by atoms with Gasteiger partial charge in [-0.15, -0.1) is 0 Å². The summed E-state index contributed by atoms with van der Waals surface area (Å²) in [4.78, 5) is 41.5. The van der Waals surface area contributed by atoms with Gasteiger partial charge in [0.1, 0.15) is 29.2 Å². The Morgan fingerprint density at radius 2 is 1.59 bits per heavy atom. The maximum atomic E-state index is 13.9. The molecule has 0 aliphatic heterocycles. The van der Waals surface area contributed by atoms with Crippen LogP contribution in [0.25, 0.3) is 0 Å². The van der Waals surface area contributed by atoms with Gasteiger partial charge in [0.2, 0.25) is 5.91 Å². The number of methoxy groups -OCH3 is 1. The van der Waals surface area contributed by atoms with Crippen LogP contribution < -0.4 is 15.4 Å². The van der Waals surface area contributed by atoms with Gasteiger partial charge < -0.3 is 30.1 Å². The van der Waals surface area contributed by atoms with Crippen LogP contribution in [-0.4, -0.2) is 58.0 Å². The van der Waals surface area contributed by atoms with E-state index < -0.39 is 41.1 Å². The van der Waals surface area contributed by atoms with Gasteiger partial charge >= 0.3 is 6.09 Å². The van der Waals surface area contributed by atoms with Crippen LogP contribution in [0, 0.1) is 0 Å². The molecule has 0 aliphatic carbocycles. The summed E-state index contributed by atoms with van der Waals surface area (Å²) in [6.07, 6.45) is -0.782. The Morgan fingerprint density at radius 3 is 2.08 bits per heavy atom. The van der Waals surface area contributed by atoms with Gasteiger partial charge in [-0.3, -0.25) is 9.59 Å². The molecule has 3 N–H and O–H groups in total. The molecule has 2 atom stereocenters. The minimum Gasteiger partial charge on any atom is -0.508 e. The molecular formula is C27H37N3O6S. The number of nitrogens with zero attached hydrogens (tertiary/aromatic N) is 1. The van der Waals surface area contributed by atoms with Crippen LogP contribution in [0.5, 0.6) is 11.5 Å². The van der Waals surface area contributed by atoms with Gasteiger partial charge in [-0.25, -0.2) is 4.79 Å². The normalized spacial score (nSPS) is 13.2.